The van der Waals surface area contributed by atoms with Crippen molar-refractivity contribution in [2.45, 2.75) is 32.7 Å². The van der Waals surface area contributed by atoms with Crippen molar-refractivity contribution in [3.05, 3.63) is 29.8 Å². The Morgan fingerprint density at radius 3 is 2.76 bits per heavy atom. The topological polar surface area (TPSA) is 67.2 Å². The Kier molecular flexibility index (Phi) is 5.49. The van der Waals surface area contributed by atoms with Crippen LogP contribution in [0.5, 0.6) is 0 Å². The van der Waals surface area contributed by atoms with Gasteiger partial charge in [0.05, 0.1) is 0 Å². The summed E-state index contributed by atoms with van der Waals surface area (Å²) in [6, 6.07) is 7.31. The molecule has 94 valence electrons. The Morgan fingerprint density at radius 2 is 2.12 bits per heavy atom. The number of rotatable bonds is 5. The molecule has 0 radical (unpaired) electrons. The van der Waals surface area contributed by atoms with Gasteiger partial charge in [0, 0.05) is 18.3 Å². The summed E-state index contributed by atoms with van der Waals surface area (Å²) in [5, 5.41) is 5.63. The van der Waals surface area contributed by atoms with Crippen LogP contribution in [0, 0.1) is 0 Å². The van der Waals surface area contributed by atoms with Gasteiger partial charge >= 0.3 is 6.03 Å². The van der Waals surface area contributed by atoms with Crippen LogP contribution in [0.15, 0.2) is 24.3 Å². The lowest BCUT2D eigenvalue weighted by Crippen LogP contribution is -2.30. The predicted molar refractivity (Wildman–Crippen MR) is 71.0 cm³/mol. The molecule has 17 heavy (non-hydrogen) atoms. The molecule has 0 bridgehead atoms. The highest BCUT2D eigenvalue weighted by molar-refractivity contribution is 5.90. The van der Waals surface area contributed by atoms with Gasteiger partial charge in [-0.05, 0) is 25.0 Å². The molecule has 2 amide bonds. The second kappa shape index (κ2) is 6.91. The van der Waals surface area contributed by atoms with Crippen molar-refractivity contribution in [2.24, 2.45) is 5.73 Å². The van der Waals surface area contributed by atoms with Gasteiger partial charge in [0.25, 0.3) is 0 Å². The first-order valence-corrected chi connectivity index (χ1v) is 6.04. The van der Waals surface area contributed by atoms with Crippen LogP contribution in [0.2, 0.25) is 0 Å². The van der Waals surface area contributed by atoms with E-state index in [0.29, 0.717) is 6.54 Å². The first-order chi connectivity index (χ1) is 8.15. The fraction of sp³-hybridized carbons (Fsp3) is 0.462. The van der Waals surface area contributed by atoms with E-state index >= 15 is 0 Å². The largest absolute Gasteiger partial charge is 0.338 e. The molecule has 0 aliphatic heterocycles. The van der Waals surface area contributed by atoms with Crippen molar-refractivity contribution in [3.63, 3.8) is 0 Å². The van der Waals surface area contributed by atoms with E-state index in [1.165, 1.54) is 0 Å². The SMILES string of the molecule is CCCCNC(=O)Nc1ccccc1C(C)N. The highest BCUT2D eigenvalue weighted by Crippen LogP contribution is 2.20. The molecule has 0 aliphatic carbocycles. The van der Waals surface area contributed by atoms with Crippen molar-refractivity contribution in [3.8, 4) is 0 Å². The standard InChI is InChI=1S/C13H21N3O/c1-3-4-9-15-13(17)16-12-8-6-5-7-11(12)10(2)14/h5-8,10H,3-4,9,14H2,1-2H3,(H2,15,16,17). The Labute approximate surface area is 103 Å². The molecular formula is C13H21N3O. The van der Waals surface area contributed by atoms with Crippen LogP contribution < -0.4 is 16.4 Å². The molecule has 0 spiro atoms. The summed E-state index contributed by atoms with van der Waals surface area (Å²) in [4.78, 5) is 11.6. The van der Waals surface area contributed by atoms with E-state index in [9.17, 15) is 4.79 Å². The van der Waals surface area contributed by atoms with Crippen LogP contribution in [0.4, 0.5) is 10.5 Å². The van der Waals surface area contributed by atoms with Crippen molar-refractivity contribution in [1.29, 1.82) is 0 Å². The Bertz CT molecular complexity index is 363. The maximum absolute atomic E-state index is 11.6. The average molecular weight is 235 g/mol. The number of nitrogens with one attached hydrogen (secondary N) is 2. The number of anilines is 1. The molecular weight excluding hydrogens is 214 g/mol. The van der Waals surface area contributed by atoms with Crippen molar-refractivity contribution in [2.75, 3.05) is 11.9 Å². The lowest BCUT2D eigenvalue weighted by atomic mass is 10.1. The van der Waals surface area contributed by atoms with Gasteiger partial charge in [-0.1, -0.05) is 31.5 Å². The minimum absolute atomic E-state index is 0.0952. The van der Waals surface area contributed by atoms with Crippen molar-refractivity contribution in [1.82, 2.24) is 5.32 Å². The fourth-order valence-electron chi connectivity index (χ4n) is 1.55. The van der Waals surface area contributed by atoms with Gasteiger partial charge in [-0.25, -0.2) is 4.79 Å². The third kappa shape index (κ3) is 4.44. The molecule has 0 fully saturated rings. The van der Waals surface area contributed by atoms with Crippen molar-refractivity contribution >= 4 is 11.7 Å². The van der Waals surface area contributed by atoms with E-state index in [-0.39, 0.29) is 12.1 Å². The maximum atomic E-state index is 11.6. The van der Waals surface area contributed by atoms with Gasteiger partial charge in [0.1, 0.15) is 0 Å². The zero-order chi connectivity index (χ0) is 12.7. The number of para-hydroxylation sites is 1. The lowest BCUT2D eigenvalue weighted by molar-refractivity contribution is 0.252. The first kappa shape index (κ1) is 13.5. The van der Waals surface area contributed by atoms with Crippen LogP contribution in [0.3, 0.4) is 0 Å². The summed E-state index contributed by atoms with van der Waals surface area (Å²) in [6.45, 7) is 4.68. The molecule has 0 saturated heterocycles. The van der Waals surface area contributed by atoms with Crippen LogP contribution in [-0.4, -0.2) is 12.6 Å². The molecule has 4 N–H and O–H groups in total. The van der Waals surface area contributed by atoms with Crippen LogP contribution in [0.25, 0.3) is 0 Å². The number of amides is 2. The molecule has 1 atom stereocenters. The second-order valence-electron chi connectivity index (χ2n) is 4.11. The lowest BCUT2D eigenvalue weighted by Gasteiger charge is -2.14. The van der Waals surface area contributed by atoms with E-state index in [1.807, 2.05) is 31.2 Å². The molecule has 0 aliphatic rings. The summed E-state index contributed by atoms with van der Waals surface area (Å²) in [5.74, 6) is 0. The quantitative estimate of drug-likeness (QED) is 0.687. The maximum Gasteiger partial charge on any atom is 0.319 e. The molecule has 0 aromatic heterocycles. The second-order valence-corrected chi connectivity index (χ2v) is 4.11. The van der Waals surface area contributed by atoms with Crippen molar-refractivity contribution < 1.29 is 4.79 Å². The molecule has 1 rings (SSSR count). The highest BCUT2D eigenvalue weighted by atomic mass is 16.2. The third-order valence-electron chi connectivity index (χ3n) is 2.52. The Morgan fingerprint density at radius 1 is 1.41 bits per heavy atom. The van der Waals surface area contributed by atoms with Gasteiger partial charge in [-0.2, -0.15) is 0 Å². The van der Waals surface area contributed by atoms with E-state index in [2.05, 4.69) is 17.6 Å². The normalized spacial score (nSPS) is 11.9. The fourth-order valence-corrected chi connectivity index (χ4v) is 1.55. The number of carbonyl (C=O) groups excluding carboxylic acids is 1. The van der Waals surface area contributed by atoms with E-state index in [1.54, 1.807) is 0 Å². The zero-order valence-electron chi connectivity index (χ0n) is 10.5. The summed E-state index contributed by atoms with van der Waals surface area (Å²) in [5.41, 5.74) is 7.56. The summed E-state index contributed by atoms with van der Waals surface area (Å²) < 4.78 is 0. The van der Waals surface area contributed by atoms with E-state index in [0.717, 1.165) is 24.1 Å². The molecule has 4 nitrogen and oxygen atoms in total. The van der Waals surface area contributed by atoms with Crippen LogP contribution in [0.1, 0.15) is 38.3 Å². The van der Waals surface area contributed by atoms with Crippen LogP contribution >= 0.6 is 0 Å². The first-order valence-electron chi connectivity index (χ1n) is 6.04. The summed E-state index contributed by atoms with van der Waals surface area (Å²) in [6.07, 6.45) is 2.05. The average Bonchev–Trinajstić information content (AvgIpc) is 2.29. The monoisotopic (exact) mass is 235 g/mol. The molecule has 1 unspecified atom stereocenters. The number of unbranched alkanes of at least 4 members (excludes halogenated alkanes) is 1. The smallest absolute Gasteiger partial charge is 0.319 e. The molecule has 4 heteroatoms. The highest BCUT2D eigenvalue weighted by Gasteiger charge is 2.08. The van der Waals surface area contributed by atoms with Gasteiger partial charge in [-0.15, -0.1) is 0 Å². The number of hydrogen-bond acceptors (Lipinski definition) is 2. The summed E-state index contributed by atoms with van der Waals surface area (Å²) >= 11 is 0. The molecule has 0 heterocycles. The number of carbonyl (C=O) groups is 1. The van der Waals surface area contributed by atoms with E-state index in [4.69, 9.17) is 5.73 Å². The molecule has 1 aromatic carbocycles. The molecule has 1 aromatic rings. The minimum atomic E-state index is -0.174. The number of urea groups is 1. The van der Waals surface area contributed by atoms with Gasteiger partial charge in [-0.3, -0.25) is 0 Å². The minimum Gasteiger partial charge on any atom is -0.338 e. The number of hydrogen-bond donors (Lipinski definition) is 3. The number of benzene rings is 1. The van der Waals surface area contributed by atoms with E-state index < -0.39 is 0 Å². The zero-order valence-corrected chi connectivity index (χ0v) is 10.5. The number of nitrogens with two attached hydrogens (primary N) is 1. The Hall–Kier alpha value is -1.55. The van der Waals surface area contributed by atoms with Gasteiger partial charge < -0.3 is 16.4 Å². The predicted octanol–water partition coefficient (Wildman–Crippen LogP) is 2.63. The van der Waals surface area contributed by atoms with Crippen LogP contribution in [-0.2, 0) is 0 Å². The molecule has 0 saturated carbocycles. The van der Waals surface area contributed by atoms with Gasteiger partial charge in [0.15, 0.2) is 0 Å². The third-order valence-corrected chi connectivity index (χ3v) is 2.52. The summed E-state index contributed by atoms with van der Waals surface area (Å²) in [7, 11) is 0. The van der Waals surface area contributed by atoms with Gasteiger partial charge in [0.2, 0.25) is 0 Å². The Balaban J connectivity index is 2.58.